The van der Waals surface area contributed by atoms with Gasteiger partial charge in [0.05, 0.1) is 5.56 Å². The van der Waals surface area contributed by atoms with E-state index in [-0.39, 0.29) is 16.9 Å². The summed E-state index contributed by atoms with van der Waals surface area (Å²) in [5, 5.41) is 12.3. The smallest absolute Gasteiger partial charge is 0.335 e. The number of carboxylic acids is 1. The number of aromatic carboxylic acids is 1. The van der Waals surface area contributed by atoms with Crippen molar-refractivity contribution in [1.29, 1.82) is 0 Å². The Morgan fingerprint density at radius 1 is 1.37 bits per heavy atom. The molecule has 0 radical (unpaired) electrons. The average molecular weight is 264 g/mol. The van der Waals surface area contributed by atoms with Gasteiger partial charge in [0.15, 0.2) is 0 Å². The predicted molar refractivity (Wildman–Crippen MR) is 77.8 cm³/mol. The third kappa shape index (κ3) is 5.28. The highest BCUT2D eigenvalue weighted by Crippen LogP contribution is 2.20. The highest BCUT2D eigenvalue weighted by atomic mass is 16.4. The van der Waals surface area contributed by atoms with Gasteiger partial charge in [-0.3, -0.25) is 0 Å². The minimum Gasteiger partial charge on any atom is -0.478 e. The quantitative estimate of drug-likeness (QED) is 0.850. The van der Waals surface area contributed by atoms with E-state index < -0.39 is 5.97 Å². The Kier molecular flexibility index (Phi) is 4.92. The van der Waals surface area contributed by atoms with Crippen molar-refractivity contribution in [1.82, 2.24) is 4.98 Å². The van der Waals surface area contributed by atoms with Crippen molar-refractivity contribution in [3.8, 4) is 0 Å². The van der Waals surface area contributed by atoms with Gasteiger partial charge in [0.25, 0.3) is 0 Å². The van der Waals surface area contributed by atoms with Gasteiger partial charge in [0.2, 0.25) is 0 Å². The molecule has 0 aliphatic carbocycles. The van der Waals surface area contributed by atoms with Crippen molar-refractivity contribution in [2.75, 3.05) is 11.9 Å². The Labute approximate surface area is 115 Å². The van der Waals surface area contributed by atoms with E-state index in [9.17, 15) is 4.79 Å². The number of nitrogens with one attached hydrogen (secondary N) is 1. The fourth-order valence-electron chi connectivity index (χ4n) is 1.63. The normalized spacial score (nSPS) is 11.7. The SMILES string of the molecule is CC(C)c1cc(C(=O)O)cc(NCCC(C)(C)C)n1. The number of hydrogen-bond donors (Lipinski definition) is 2. The topological polar surface area (TPSA) is 62.2 Å². The zero-order valence-electron chi connectivity index (χ0n) is 12.4. The molecule has 19 heavy (non-hydrogen) atoms. The van der Waals surface area contributed by atoms with E-state index in [1.807, 2.05) is 13.8 Å². The Balaban J connectivity index is 2.85. The minimum absolute atomic E-state index is 0.211. The molecule has 106 valence electrons. The Hall–Kier alpha value is -1.58. The van der Waals surface area contributed by atoms with Crippen LogP contribution in [0.25, 0.3) is 0 Å². The molecule has 1 aromatic heterocycles. The summed E-state index contributed by atoms with van der Waals surface area (Å²) in [5.41, 5.74) is 1.34. The molecule has 0 aromatic carbocycles. The first-order valence-electron chi connectivity index (χ1n) is 6.68. The fourth-order valence-corrected chi connectivity index (χ4v) is 1.63. The summed E-state index contributed by atoms with van der Waals surface area (Å²) >= 11 is 0. The Bertz CT molecular complexity index is 448. The number of rotatable bonds is 5. The zero-order valence-corrected chi connectivity index (χ0v) is 12.4. The number of aromatic nitrogens is 1. The summed E-state index contributed by atoms with van der Waals surface area (Å²) in [6.07, 6.45) is 1.00. The monoisotopic (exact) mass is 264 g/mol. The van der Waals surface area contributed by atoms with Gasteiger partial charge in [-0.1, -0.05) is 34.6 Å². The third-order valence-corrected chi connectivity index (χ3v) is 2.86. The molecule has 0 spiro atoms. The summed E-state index contributed by atoms with van der Waals surface area (Å²) in [6.45, 7) is 11.3. The molecule has 0 bridgehead atoms. The molecule has 4 heteroatoms. The maximum absolute atomic E-state index is 11.1. The molecule has 1 heterocycles. The van der Waals surface area contributed by atoms with Gasteiger partial charge < -0.3 is 10.4 Å². The van der Waals surface area contributed by atoms with E-state index in [1.165, 1.54) is 0 Å². The van der Waals surface area contributed by atoms with Crippen LogP contribution >= 0.6 is 0 Å². The lowest BCUT2D eigenvalue weighted by molar-refractivity contribution is 0.0696. The van der Waals surface area contributed by atoms with Crippen molar-refractivity contribution >= 4 is 11.8 Å². The predicted octanol–water partition coefficient (Wildman–Crippen LogP) is 3.75. The first-order valence-corrected chi connectivity index (χ1v) is 6.68. The summed E-state index contributed by atoms with van der Waals surface area (Å²) in [4.78, 5) is 15.6. The minimum atomic E-state index is -0.914. The molecular weight excluding hydrogens is 240 g/mol. The van der Waals surface area contributed by atoms with Crippen LogP contribution in [0.5, 0.6) is 0 Å². The molecule has 1 rings (SSSR count). The maximum atomic E-state index is 11.1. The lowest BCUT2D eigenvalue weighted by Crippen LogP contribution is -2.14. The zero-order chi connectivity index (χ0) is 14.6. The van der Waals surface area contributed by atoms with Gasteiger partial charge in [0, 0.05) is 12.2 Å². The second-order valence-electron chi connectivity index (χ2n) is 6.36. The van der Waals surface area contributed by atoms with E-state index in [1.54, 1.807) is 12.1 Å². The summed E-state index contributed by atoms with van der Waals surface area (Å²) in [6, 6.07) is 3.23. The van der Waals surface area contributed by atoms with Crippen LogP contribution in [0.3, 0.4) is 0 Å². The van der Waals surface area contributed by atoms with Gasteiger partial charge in [-0.2, -0.15) is 0 Å². The van der Waals surface area contributed by atoms with E-state index in [0.717, 1.165) is 18.7 Å². The van der Waals surface area contributed by atoms with Crippen LogP contribution in [0.1, 0.15) is 63.0 Å². The number of hydrogen-bond acceptors (Lipinski definition) is 3. The maximum Gasteiger partial charge on any atom is 0.335 e. The van der Waals surface area contributed by atoms with Crippen LogP contribution in [0.15, 0.2) is 12.1 Å². The Morgan fingerprint density at radius 3 is 2.47 bits per heavy atom. The molecule has 0 amide bonds. The van der Waals surface area contributed by atoms with Gasteiger partial charge >= 0.3 is 5.97 Å². The van der Waals surface area contributed by atoms with Crippen LogP contribution < -0.4 is 5.32 Å². The number of carboxylic acid groups (broad SMARTS) is 1. The van der Waals surface area contributed by atoms with Crippen LogP contribution in [-0.4, -0.2) is 22.6 Å². The second kappa shape index (κ2) is 6.04. The van der Waals surface area contributed by atoms with E-state index in [2.05, 4.69) is 31.1 Å². The summed E-state index contributed by atoms with van der Waals surface area (Å²) in [5.74, 6) is -0.0570. The number of anilines is 1. The summed E-state index contributed by atoms with van der Waals surface area (Å²) in [7, 11) is 0. The first kappa shape index (κ1) is 15.5. The van der Waals surface area contributed by atoms with E-state index in [0.29, 0.717) is 5.82 Å². The number of nitrogens with zero attached hydrogens (tertiary/aromatic N) is 1. The molecule has 0 aliphatic heterocycles. The summed E-state index contributed by atoms with van der Waals surface area (Å²) < 4.78 is 0. The van der Waals surface area contributed by atoms with Crippen LogP contribution in [0.4, 0.5) is 5.82 Å². The molecule has 0 aliphatic rings. The van der Waals surface area contributed by atoms with Gasteiger partial charge in [-0.05, 0) is 29.9 Å². The van der Waals surface area contributed by atoms with Crippen molar-refractivity contribution < 1.29 is 9.90 Å². The van der Waals surface area contributed by atoms with Crippen molar-refractivity contribution in [3.63, 3.8) is 0 Å². The van der Waals surface area contributed by atoms with Crippen molar-refractivity contribution in [2.24, 2.45) is 5.41 Å². The molecule has 2 N–H and O–H groups in total. The van der Waals surface area contributed by atoms with Crippen LogP contribution in [0, 0.1) is 5.41 Å². The highest BCUT2D eigenvalue weighted by molar-refractivity contribution is 5.88. The number of carbonyl (C=O) groups is 1. The molecular formula is C15H24N2O2. The van der Waals surface area contributed by atoms with E-state index >= 15 is 0 Å². The Morgan fingerprint density at radius 2 is 2.00 bits per heavy atom. The molecule has 4 nitrogen and oxygen atoms in total. The molecule has 0 atom stereocenters. The third-order valence-electron chi connectivity index (χ3n) is 2.86. The fraction of sp³-hybridized carbons (Fsp3) is 0.600. The molecule has 0 unspecified atom stereocenters. The van der Waals surface area contributed by atoms with Gasteiger partial charge in [-0.25, -0.2) is 9.78 Å². The van der Waals surface area contributed by atoms with Gasteiger partial charge in [-0.15, -0.1) is 0 Å². The van der Waals surface area contributed by atoms with Crippen molar-refractivity contribution in [2.45, 2.75) is 47.0 Å². The van der Waals surface area contributed by atoms with Crippen LogP contribution in [0.2, 0.25) is 0 Å². The lowest BCUT2D eigenvalue weighted by Gasteiger charge is -2.18. The highest BCUT2D eigenvalue weighted by Gasteiger charge is 2.12. The number of pyridine rings is 1. The lowest BCUT2D eigenvalue weighted by atomic mass is 9.92. The molecule has 0 saturated carbocycles. The standard InChI is InChI=1S/C15H24N2O2/c1-10(2)12-8-11(14(18)19)9-13(17-12)16-7-6-15(3,4)5/h8-10H,6-7H2,1-5H3,(H,16,17)(H,18,19). The molecule has 0 fully saturated rings. The van der Waals surface area contributed by atoms with Crippen LogP contribution in [-0.2, 0) is 0 Å². The molecule has 1 aromatic rings. The first-order chi connectivity index (χ1) is 8.69. The van der Waals surface area contributed by atoms with Gasteiger partial charge in [0.1, 0.15) is 5.82 Å². The second-order valence-corrected chi connectivity index (χ2v) is 6.36. The average Bonchev–Trinajstić information content (AvgIpc) is 2.26. The van der Waals surface area contributed by atoms with E-state index in [4.69, 9.17) is 5.11 Å². The van der Waals surface area contributed by atoms with Crippen molar-refractivity contribution in [3.05, 3.63) is 23.4 Å². The largest absolute Gasteiger partial charge is 0.478 e. The molecule has 0 saturated heterocycles.